The zero-order valence-corrected chi connectivity index (χ0v) is 16.8. The van der Waals surface area contributed by atoms with E-state index in [4.69, 9.17) is 16.3 Å². The van der Waals surface area contributed by atoms with Gasteiger partial charge in [0.25, 0.3) is 5.91 Å². The maximum absolute atomic E-state index is 12.2. The van der Waals surface area contributed by atoms with Gasteiger partial charge in [-0.25, -0.2) is 0 Å². The van der Waals surface area contributed by atoms with Crippen molar-refractivity contribution in [3.63, 3.8) is 0 Å². The van der Waals surface area contributed by atoms with Crippen molar-refractivity contribution in [1.29, 1.82) is 0 Å². The lowest BCUT2D eigenvalue weighted by atomic mass is 9.75. The molecule has 0 bridgehead atoms. The number of carbonyl (C=O) groups is 2. The van der Waals surface area contributed by atoms with Crippen LogP contribution in [-0.4, -0.2) is 48.6 Å². The van der Waals surface area contributed by atoms with Crippen molar-refractivity contribution < 1.29 is 14.3 Å². The third kappa shape index (κ3) is 5.45. The molecule has 26 heavy (non-hydrogen) atoms. The molecule has 1 fully saturated rings. The number of benzene rings is 1. The van der Waals surface area contributed by atoms with Crippen molar-refractivity contribution in [2.24, 2.45) is 0 Å². The Kier molecular flexibility index (Phi) is 7.07. The van der Waals surface area contributed by atoms with E-state index in [1.54, 1.807) is 6.92 Å². The molecule has 0 spiro atoms. The van der Waals surface area contributed by atoms with Crippen molar-refractivity contribution in [1.82, 2.24) is 10.2 Å². The summed E-state index contributed by atoms with van der Waals surface area (Å²) >= 11 is 5.99. The van der Waals surface area contributed by atoms with Crippen molar-refractivity contribution in [3.8, 4) is 0 Å². The minimum absolute atomic E-state index is 0.0799. The number of nitrogens with one attached hydrogen (secondary N) is 1. The zero-order chi connectivity index (χ0) is 19.3. The molecule has 1 aromatic rings. The second-order valence-corrected chi connectivity index (χ2v) is 7.89. The number of hydrogen-bond acceptors (Lipinski definition) is 4. The Balaban J connectivity index is 1.95. The first-order valence-corrected chi connectivity index (χ1v) is 9.49. The maximum Gasteiger partial charge on any atom is 0.303 e. The molecule has 1 unspecified atom stereocenters. The molecule has 0 saturated heterocycles. The third-order valence-electron chi connectivity index (χ3n) is 5.37. The van der Waals surface area contributed by atoms with E-state index < -0.39 is 12.1 Å². The lowest BCUT2D eigenvalue weighted by Crippen LogP contribution is -2.53. The van der Waals surface area contributed by atoms with Crippen LogP contribution < -0.4 is 5.32 Å². The molecule has 0 heterocycles. The molecule has 1 aromatic carbocycles. The first kappa shape index (κ1) is 20.7. The smallest absolute Gasteiger partial charge is 0.303 e. The van der Waals surface area contributed by atoms with E-state index in [1.807, 2.05) is 12.1 Å². The molecule has 0 radical (unpaired) electrons. The van der Waals surface area contributed by atoms with Crippen LogP contribution in [0.1, 0.15) is 45.1 Å². The van der Waals surface area contributed by atoms with E-state index in [2.05, 4.69) is 36.4 Å². The number of amides is 1. The summed E-state index contributed by atoms with van der Waals surface area (Å²) in [6.45, 7) is 2.91. The average Bonchev–Trinajstić information content (AvgIpc) is 2.58. The van der Waals surface area contributed by atoms with E-state index in [0.717, 1.165) is 37.1 Å². The van der Waals surface area contributed by atoms with E-state index in [-0.39, 0.29) is 17.5 Å². The largest absolute Gasteiger partial charge is 0.453 e. The number of rotatable bonds is 6. The maximum atomic E-state index is 12.2. The number of hydrogen-bond donors (Lipinski definition) is 1. The van der Waals surface area contributed by atoms with Crippen LogP contribution >= 0.6 is 11.6 Å². The van der Waals surface area contributed by atoms with Gasteiger partial charge in [-0.1, -0.05) is 23.7 Å². The molecule has 0 aromatic heterocycles. The fourth-order valence-electron chi connectivity index (χ4n) is 3.68. The molecule has 1 amide bonds. The number of ether oxygens (including phenoxy) is 1. The highest BCUT2D eigenvalue weighted by Crippen LogP contribution is 2.35. The fraction of sp³-hybridized carbons (Fsp3) is 0.600. The van der Waals surface area contributed by atoms with Gasteiger partial charge in [0.15, 0.2) is 6.10 Å². The van der Waals surface area contributed by atoms with Crippen LogP contribution in [0, 0.1) is 0 Å². The van der Waals surface area contributed by atoms with Gasteiger partial charge in [-0.05, 0) is 70.8 Å². The average molecular weight is 381 g/mol. The minimum Gasteiger partial charge on any atom is -0.453 e. The highest BCUT2D eigenvalue weighted by molar-refractivity contribution is 6.30. The van der Waals surface area contributed by atoms with Crippen molar-refractivity contribution in [2.75, 3.05) is 14.1 Å². The number of esters is 1. The summed E-state index contributed by atoms with van der Waals surface area (Å²) in [7, 11) is 4.25. The van der Waals surface area contributed by atoms with Crippen LogP contribution in [0.2, 0.25) is 5.02 Å². The second kappa shape index (κ2) is 8.87. The van der Waals surface area contributed by atoms with Gasteiger partial charge in [-0.2, -0.15) is 0 Å². The van der Waals surface area contributed by atoms with Crippen molar-refractivity contribution in [3.05, 3.63) is 34.9 Å². The molecular weight excluding hydrogens is 352 g/mol. The van der Waals surface area contributed by atoms with Crippen molar-refractivity contribution in [2.45, 2.75) is 63.6 Å². The Labute approximate surface area is 161 Å². The van der Waals surface area contributed by atoms with E-state index in [0.29, 0.717) is 0 Å². The zero-order valence-electron chi connectivity index (χ0n) is 16.0. The topological polar surface area (TPSA) is 58.6 Å². The Morgan fingerprint density at radius 1 is 1.27 bits per heavy atom. The number of nitrogens with zero attached hydrogens (tertiary/aromatic N) is 1. The highest BCUT2D eigenvalue weighted by atomic mass is 35.5. The molecule has 1 N–H and O–H groups in total. The summed E-state index contributed by atoms with van der Waals surface area (Å²) in [5, 5.41) is 3.77. The Morgan fingerprint density at radius 2 is 1.85 bits per heavy atom. The van der Waals surface area contributed by atoms with E-state index >= 15 is 0 Å². The quantitative estimate of drug-likeness (QED) is 0.770. The summed E-state index contributed by atoms with van der Waals surface area (Å²) in [6.07, 6.45) is 4.02. The van der Waals surface area contributed by atoms with Gasteiger partial charge < -0.3 is 15.0 Å². The molecule has 6 heteroatoms. The highest BCUT2D eigenvalue weighted by Gasteiger charge is 2.38. The molecule has 5 nitrogen and oxygen atoms in total. The molecular formula is C20H29ClN2O3. The van der Waals surface area contributed by atoms with Gasteiger partial charge in [0.1, 0.15) is 0 Å². The standard InChI is InChI=1S/C20H29ClN2O3/c1-14(26-15(2)24)19(25)22-18-9-11-20(12-10-18,23(3)4)13-16-5-7-17(21)8-6-16/h5-8,14,18H,9-13H2,1-4H3,(H,22,25). The lowest BCUT2D eigenvalue weighted by molar-refractivity contribution is -0.153. The summed E-state index contributed by atoms with van der Waals surface area (Å²) in [5.74, 6) is -0.661. The van der Waals surface area contributed by atoms with Gasteiger partial charge in [-0.15, -0.1) is 0 Å². The summed E-state index contributed by atoms with van der Waals surface area (Å²) in [6, 6.07) is 8.16. The monoisotopic (exact) mass is 380 g/mol. The van der Waals surface area contributed by atoms with Crippen LogP contribution in [0.5, 0.6) is 0 Å². The number of carbonyl (C=O) groups excluding carboxylic acids is 2. The van der Waals surface area contributed by atoms with Crippen molar-refractivity contribution >= 4 is 23.5 Å². The van der Waals surface area contributed by atoms with Crippen LogP contribution in [0.25, 0.3) is 0 Å². The minimum atomic E-state index is -0.748. The Bertz CT molecular complexity index is 622. The van der Waals surface area contributed by atoms with E-state index in [1.165, 1.54) is 12.5 Å². The summed E-state index contributed by atoms with van der Waals surface area (Å²) < 4.78 is 4.95. The third-order valence-corrected chi connectivity index (χ3v) is 5.62. The fourth-order valence-corrected chi connectivity index (χ4v) is 3.81. The number of halogens is 1. The van der Waals surface area contributed by atoms with Crippen LogP contribution in [0.4, 0.5) is 0 Å². The molecule has 144 valence electrons. The predicted molar refractivity (Wildman–Crippen MR) is 103 cm³/mol. The Morgan fingerprint density at radius 3 is 2.35 bits per heavy atom. The van der Waals surface area contributed by atoms with Gasteiger partial charge in [-0.3, -0.25) is 9.59 Å². The van der Waals surface area contributed by atoms with Gasteiger partial charge in [0.2, 0.25) is 0 Å². The molecule has 1 atom stereocenters. The summed E-state index contributed by atoms with van der Waals surface area (Å²) in [5.41, 5.74) is 1.35. The number of likely N-dealkylation sites (N-methyl/N-ethyl adjacent to an activating group) is 1. The van der Waals surface area contributed by atoms with Gasteiger partial charge in [0, 0.05) is 23.5 Å². The SMILES string of the molecule is CC(=O)OC(C)C(=O)NC1CCC(Cc2ccc(Cl)cc2)(N(C)C)CC1. The van der Waals surface area contributed by atoms with Crippen LogP contribution in [-0.2, 0) is 20.7 Å². The molecule has 2 rings (SSSR count). The normalized spacial score (nSPS) is 24.2. The first-order chi connectivity index (χ1) is 12.2. The van der Waals surface area contributed by atoms with Gasteiger partial charge in [0.05, 0.1) is 0 Å². The first-order valence-electron chi connectivity index (χ1n) is 9.11. The molecule has 1 saturated carbocycles. The van der Waals surface area contributed by atoms with Gasteiger partial charge >= 0.3 is 5.97 Å². The Hall–Kier alpha value is -1.59. The van der Waals surface area contributed by atoms with Crippen LogP contribution in [0.15, 0.2) is 24.3 Å². The second-order valence-electron chi connectivity index (χ2n) is 7.46. The molecule has 0 aliphatic heterocycles. The lowest BCUT2D eigenvalue weighted by Gasteiger charge is -2.45. The molecule has 1 aliphatic carbocycles. The molecule has 1 aliphatic rings. The van der Waals surface area contributed by atoms with E-state index in [9.17, 15) is 9.59 Å². The van der Waals surface area contributed by atoms with Crippen LogP contribution in [0.3, 0.4) is 0 Å². The summed E-state index contributed by atoms with van der Waals surface area (Å²) in [4.78, 5) is 25.4. The predicted octanol–water partition coefficient (Wildman–Crippen LogP) is 3.19.